The summed E-state index contributed by atoms with van der Waals surface area (Å²) in [5.74, 6) is -1.51. The van der Waals surface area contributed by atoms with E-state index in [2.05, 4.69) is 36.3 Å². The smallest absolute Gasteiger partial charge is 0.317 e. The Morgan fingerprint density at radius 2 is 1.22 bits per heavy atom. The van der Waals surface area contributed by atoms with Crippen LogP contribution in [0.15, 0.2) is 24.3 Å². The highest BCUT2D eigenvalue weighted by Gasteiger charge is 2.20. The molecule has 1 aliphatic heterocycles. The molecule has 0 aliphatic carbocycles. The number of hydrogen-bond acceptors (Lipinski definition) is 9. The summed E-state index contributed by atoms with van der Waals surface area (Å²) < 4.78 is 0. The van der Waals surface area contributed by atoms with Crippen molar-refractivity contribution in [1.82, 2.24) is 24.9 Å². The van der Waals surface area contributed by atoms with E-state index in [4.69, 9.17) is 9.90 Å². The maximum atomic E-state index is 13.0. The van der Waals surface area contributed by atoms with Crippen molar-refractivity contribution in [2.24, 2.45) is 5.92 Å². The van der Waals surface area contributed by atoms with Gasteiger partial charge in [-0.25, -0.2) is 0 Å². The van der Waals surface area contributed by atoms with E-state index in [1.54, 1.807) is 29.2 Å². The van der Waals surface area contributed by atoms with Gasteiger partial charge in [0.05, 0.1) is 19.6 Å². The van der Waals surface area contributed by atoms with Crippen molar-refractivity contribution in [1.29, 1.82) is 0 Å². The number of benzene rings is 1. The molecule has 0 aromatic heterocycles. The third kappa shape index (κ3) is 18.7. The Morgan fingerprint density at radius 1 is 0.778 bits per heavy atom. The van der Waals surface area contributed by atoms with Crippen molar-refractivity contribution in [2.75, 3.05) is 90.4 Å². The largest absolute Gasteiger partial charge is 0.483 e. The Hall–Kier alpha value is -3.59. The molecule has 0 radical (unpaired) electrons. The van der Waals surface area contributed by atoms with E-state index in [0.29, 0.717) is 76.1 Å². The van der Waals surface area contributed by atoms with E-state index in [1.807, 2.05) is 9.80 Å². The van der Waals surface area contributed by atoms with E-state index in [0.717, 1.165) is 25.8 Å². The highest BCUT2D eigenvalue weighted by atomic mass is 16.4. The highest BCUT2D eigenvalue weighted by Crippen LogP contribution is 2.11. The van der Waals surface area contributed by atoms with Crippen LogP contribution in [0.2, 0.25) is 0 Å². The van der Waals surface area contributed by atoms with E-state index in [9.17, 15) is 29.4 Å². The highest BCUT2D eigenvalue weighted by molar-refractivity contribution is 5.96. The van der Waals surface area contributed by atoms with Gasteiger partial charge in [0.25, 0.3) is 12.4 Å². The Morgan fingerprint density at radius 3 is 1.64 bits per heavy atom. The van der Waals surface area contributed by atoms with Gasteiger partial charge in [-0.1, -0.05) is 33.6 Å². The molecule has 5 N–H and O–H groups in total. The number of likely N-dealkylation sites (N-methyl/N-ethyl adjacent to an activating group) is 1. The first kappa shape index (κ1) is 39.4. The molecular weight excluding hydrogens is 584 g/mol. The number of aliphatic carboxylic acids is 2. The van der Waals surface area contributed by atoms with Crippen molar-refractivity contribution in [3.05, 3.63) is 29.8 Å². The molecule has 2 amide bonds. The Labute approximate surface area is 266 Å². The standard InChI is InChI=1S/C30H50N6O6.CH2O2/c1-4-33-13-15-34(17-18-36(23-29(40)41)20-19-35(16-14-33)22-28(38)39)21-27(37)32-26-10-8-25(9-11-26)30(42)31-12-6-5-7-24(2)3;2-1-3/h8-11,24H,4-7,12-23H2,1-3H3,(H,31,42)(H,32,37)(H,38,39)(H,40,41);1H,(H,2,3). The predicted octanol–water partition coefficient (Wildman–Crippen LogP) is 1.29. The molecule has 1 saturated heterocycles. The lowest BCUT2D eigenvalue weighted by atomic mass is 10.1. The number of nitrogens with one attached hydrogen (secondary N) is 2. The van der Waals surface area contributed by atoms with Gasteiger partial charge in [-0.3, -0.25) is 38.7 Å². The summed E-state index contributed by atoms with van der Waals surface area (Å²) in [6, 6.07) is 6.84. The molecule has 1 aromatic carbocycles. The minimum atomic E-state index is -0.948. The quantitative estimate of drug-likeness (QED) is 0.146. The molecule has 2 rings (SSSR count). The van der Waals surface area contributed by atoms with Crippen molar-refractivity contribution < 1.29 is 39.3 Å². The summed E-state index contributed by atoms with van der Waals surface area (Å²) in [6.07, 6.45) is 3.17. The maximum absolute atomic E-state index is 13.0. The third-order valence-corrected chi connectivity index (χ3v) is 7.39. The summed E-state index contributed by atoms with van der Waals surface area (Å²) in [6.45, 7) is 11.9. The molecule has 0 atom stereocenters. The van der Waals surface area contributed by atoms with Crippen LogP contribution >= 0.6 is 0 Å². The van der Waals surface area contributed by atoms with Gasteiger partial charge in [0.2, 0.25) is 5.91 Å². The molecule has 0 unspecified atom stereocenters. The van der Waals surface area contributed by atoms with Gasteiger partial charge in [-0.15, -0.1) is 0 Å². The lowest BCUT2D eigenvalue weighted by molar-refractivity contribution is -0.140. The summed E-state index contributed by atoms with van der Waals surface area (Å²) in [7, 11) is 0. The van der Waals surface area contributed by atoms with Crippen molar-refractivity contribution in [3.8, 4) is 0 Å². The molecule has 1 aromatic rings. The monoisotopic (exact) mass is 636 g/mol. The minimum Gasteiger partial charge on any atom is -0.483 e. The number of carboxylic acid groups (broad SMARTS) is 3. The second-order valence-corrected chi connectivity index (χ2v) is 11.4. The van der Waals surface area contributed by atoms with Crippen LogP contribution in [0.4, 0.5) is 5.69 Å². The van der Waals surface area contributed by atoms with Gasteiger partial charge in [-0.2, -0.15) is 0 Å². The SMILES string of the molecule is CCN1CCN(CC(=O)O)CCN(CC(=O)O)CCN(CC(=O)Nc2ccc(C(=O)NCCCCC(C)C)cc2)CC1.O=CO. The van der Waals surface area contributed by atoms with Crippen LogP contribution in [0.25, 0.3) is 0 Å². The summed E-state index contributed by atoms with van der Waals surface area (Å²) >= 11 is 0. The second kappa shape index (κ2) is 22.8. The third-order valence-electron chi connectivity index (χ3n) is 7.39. The van der Waals surface area contributed by atoms with Gasteiger partial charge in [-0.05, 0) is 43.1 Å². The summed E-state index contributed by atoms with van der Waals surface area (Å²) in [5, 5.41) is 31.4. The summed E-state index contributed by atoms with van der Waals surface area (Å²) in [5.41, 5.74) is 1.14. The number of unbranched alkanes of at least 4 members (excludes halogenated alkanes) is 1. The van der Waals surface area contributed by atoms with Crippen LogP contribution in [0, 0.1) is 5.92 Å². The number of carbonyl (C=O) groups is 5. The van der Waals surface area contributed by atoms with E-state index >= 15 is 0 Å². The van der Waals surface area contributed by atoms with Crippen molar-refractivity contribution >= 4 is 35.9 Å². The van der Waals surface area contributed by atoms with Crippen molar-refractivity contribution in [2.45, 2.75) is 40.0 Å². The maximum Gasteiger partial charge on any atom is 0.317 e. The number of carboxylic acids is 2. The molecule has 1 heterocycles. The fourth-order valence-corrected chi connectivity index (χ4v) is 4.84. The Balaban J connectivity index is 0.00000324. The molecule has 0 saturated carbocycles. The average Bonchev–Trinajstić information content (AvgIpc) is 2.97. The van der Waals surface area contributed by atoms with Crippen LogP contribution in [0.5, 0.6) is 0 Å². The molecule has 254 valence electrons. The number of carbonyl (C=O) groups excluding carboxylic acids is 2. The number of hydrogen-bond donors (Lipinski definition) is 5. The predicted molar refractivity (Wildman–Crippen MR) is 171 cm³/mol. The molecule has 0 spiro atoms. The Kier molecular flexibility index (Phi) is 20.0. The lowest BCUT2D eigenvalue weighted by Crippen LogP contribution is -2.48. The number of anilines is 1. The van der Waals surface area contributed by atoms with Crippen LogP contribution in [-0.4, -0.2) is 150 Å². The van der Waals surface area contributed by atoms with Gasteiger partial charge < -0.3 is 30.9 Å². The van der Waals surface area contributed by atoms with Crippen molar-refractivity contribution in [3.63, 3.8) is 0 Å². The topological polar surface area (TPSA) is 183 Å². The fraction of sp³-hybridized carbons (Fsp3) is 0.645. The Bertz CT molecular complexity index is 1040. The number of rotatable bonds is 14. The zero-order valence-electron chi connectivity index (χ0n) is 26.9. The lowest BCUT2D eigenvalue weighted by Gasteiger charge is -2.33. The molecule has 14 nitrogen and oxygen atoms in total. The first-order valence-corrected chi connectivity index (χ1v) is 15.6. The summed E-state index contributed by atoms with van der Waals surface area (Å²) in [4.78, 5) is 64.4. The van der Waals surface area contributed by atoms with Gasteiger partial charge >= 0.3 is 11.9 Å². The molecule has 14 heteroatoms. The zero-order chi connectivity index (χ0) is 33.6. The van der Waals surface area contributed by atoms with Crippen LogP contribution in [0.3, 0.4) is 0 Å². The first-order chi connectivity index (χ1) is 21.5. The molecule has 0 bridgehead atoms. The fourth-order valence-electron chi connectivity index (χ4n) is 4.84. The molecule has 1 aliphatic rings. The molecule has 45 heavy (non-hydrogen) atoms. The van der Waals surface area contributed by atoms with E-state index < -0.39 is 11.9 Å². The van der Waals surface area contributed by atoms with Crippen LogP contribution in [0.1, 0.15) is 50.4 Å². The van der Waals surface area contributed by atoms with Crippen LogP contribution < -0.4 is 10.6 Å². The zero-order valence-corrected chi connectivity index (χ0v) is 26.9. The normalized spacial score (nSPS) is 16.0. The number of nitrogens with zero attached hydrogens (tertiary/aromatic N) is 4. The minimum absolute atomic E-state index is 0.0884. The van der Waals surface area contributed by atoms with E-state index in [-0.39, 0.29) is 37.9 Å². The average molecular weight is 637 g/mol. The van der Waals surface area contributed by atoms with Gasteiger partial charge in [0, 0.05) is 70.2 Å². The van der Waals surface area contributed by atoms with Gasteiger partial charge in [0.1, 0.15) is 0 Å². The van der Waals surface area contributed by atoms with E-state index in [1.165, 1.54) is 0 Å². The van der Waals surface area contributed by atoms with Crippen LogP contribution in [-0.2, 0) is 19.2 Å². The second-order valence-electron chi connectivity index (χ2n) is 11.4. The molecular formula is C31H52N6O8. The van der Waals surface area contributed by atoms with Gasteiger partial charge in [0.15, 0.2) is 0 Å². The number of amides is 2. The molecule has 1 fully saturated rings. The first-order valence-electron chi connectivity index (χ1n) is 15.6.